The van der Waals surface area contributed by atoms with E-state index in [4.69, 9.17) is 0 Å². The average molecular weight is 666 g/mol. The number of nitrogens with one attached hydrogen (secondary N) is 1. The number of aryl methyl sites for hydroxylation is 2. The highest BCUT2D eigenvalue weighted by molar-refractivity contribution is 7.92. The first-order valence-electron chi connectivity index (χ1n) is 15.2. The third-order valence-corrected chi connectivity index (χ3v) is 9.43. The minimum absolute atomic E-state index is 0.0445. The summed E-state index contributed by atoms with van der Waals surface area (Å²) < 4.78 is 70.2. The van der Waals surface area contributed by atoms with Crippen molar-refractivity contribution < 1.29 is 31.2 Å². The first kappa shape index (κ1) is 35.2. The van der Waals surface area contributed by atoms with E-state index in [1.807, 2.05) is 68.4 Å². The molecule has 0 aliphatic rings. The summed E-state index contributed by atoms with van der Waals surface area (Å²) in [6.07, 6.45) is -3.98. The van der Waals surface area contributed by atoms with Gasteiger partial charge in [-0.3, -0.25) is 13.9 Å². The van der Waals surface area contributed by atoms with Gasteiger partial charge in [0.05, 0.1) is 16.1 Å². The van der Waals surface area contributed by atoms with Gasteiger partial charge in [-0.15, -0.1) is 0 Å². The molecule has 0 aromatic heterocycles. The lowest BCUT2D eigenvalue weighted by Gasteiger charge is -2.34. The molecule has 0 radical (unpaired) electrons. The zero-order valence-electron chi connectivity index (χ0n) is 26.5. The Balaban J connectivity index is 1.83. The number of alkyl halides is 3. The standard InChI is InChI=1S/C36H38F3N3O4S/c1-4-21-40-35(44)33(22-28-9-6-5-7-10-28)41(24-29-17-13-26(2)14-18-29)34(43)25-42(31-12-8-11-30(23-31)36(37,38)39)47(45,46)32-19-15-27(3)16-20-32/h5-20,23,33H,4,21-22,24-25H2,1-3H3,(H,40,44)/t33-/m1/s1. The molecule has 4 aromatic rings. The number of rotatable bonds is 13. The van der Waals surface area contributed by atoms with Gasteiger partial charge >= 0.3 is 6.18 Å². The summed E-state index contributed by atoms with van der Waals surface area (Å²) in [6.45, 7) is 5.03. The van der Waals surface area contributed by atoms with Crippen LogP contribution in [0.5, 0.6) is 0 Å². The maximum absolute atomic E-state index is 14.4. The summed E-state index contributed by atoms with van der Waals surface area (Å²) in [4.78, 5) is 29.3. The zero-order chi connectivity index (χ0) is 34.2. The van der Waals surface area contributed by atoms with Gasteiger partial charge in [0, 0.05) is 19.5 Å². The summed E-state index contributed by atoms with van der Waals surface area (Å²) in [6, 6.07) is 25.1. The van der Waals surface area contributed by atoms with Gasteiger partial charge in [0.2, 0.25) is 11.8 Å². The van der Waals surface area contributed by atoms with E-state index in [1.165, 1.54) is 23.1 Å². The van der Waals surface area contributed by atoms with Crippen LogP contribution in [0.1, 0.15) is 41.2 Å². The topological polar surface area (TPSA) is 86.8 Å². The molecule has 11 heteroatoms. The monoisotopic (exact) mass is 665 g/mol. The third kappa shape index (κ3) is 9.22. The number of hydrogen-bond donors (Lipinski definition) is 1. The molecule has 4 rings (SSSR count). The molecule has 47 heavy (non-hydrogen) atoms. The molecule has 7 nitrogen and oxygen atoms in total. The molecule has 1 N–H and O–H groups in total. The molecule has 0 saturated carbocycles. The summed E-state index contributed by atoms with van der Waals surface area (Å²) in [5.74, 6) is -1.19. The SMILES string of the molecule is CCCNC(=O)[C@@H](Cc1ccccc1)N(Cc1ccc(C)cc1)C(=O)CN(c1cccc(C(F)(F)F)c1)S(=O)(=O)c1ccc(C)cc1. The summed E-state index contributed by atoms with van der Waals surface area (Å²) in [7, 11) is -4.54. The van der Waals surface area contributed by atoms with Crippen molar-refractivity contribution in [2.45, 2.75) is 57.3 Å². The Morgan fingerprint density at radius 2 is 1.43 bits per heavy atom. The Bertz CT molecular complexity index is 1760. The lowest BCUT2D eigenvalue weighted by atomic mass is 10.0. The molecule has 0 aliphatic heterocycles. The van der Waals surface area contributed by atoms with Gasteiger partial charge in [0.25, 0.3) is 10.0 Å². The van der Waals surface area contributed by atoms with E-state index in [2.05, 4.69) is 5.32 Å². The highest BCUT2D eigenvalue weighted by Gasteiger charge is 2.36. The highest BCUT2D eigenvalue weighted by Crippen LogP contribution is 2.33. The van der Waals surface area contributed by atoms with Crippen LogP contribution < -0.4 is 9.62 Å². The van der Waals surface area contributed by atoms with E-state index in [1.54, 1.807) is 19.1 Å². The molecule has 2 amide bonds. The molecular formula is C36H38F3N3O4S. The molecule has 0 aliphatic carbocycles. The Hall–Kier alpha value is -4.64. The van der Waals surface area contributed by atoms with Gasteiger partial charge in [-0.25, -0.2) is 8.42 Å². The fraction of sp³-hybridized carbons (Fsp3) is 0.278. The lowest BCUT2D eigenvalue weighted by molar-refractivity contribution is -0.140. The first-order valence-corrected chi connectivity index (χ1v) is 16.7. The van der Waals surface area contributed by atoms with Crippen LogP contribution in [0.4, 0.5) is 18.9 Å². The van der Waals surface area contributed by atoms with Crippen molar-refractivity contribution in [2.75, 3.05) is 17.4 Å². The van der Waals surface area contributed by atoms with E-state index in [-0.39, 0.29) is 23.5 Å². The van der Waals surface area contributed by atoms with Crippen molar-refractivity contribution in [3.8, 4) is 0 Å². The fourth-order valence-corrected chi connectivity index (χ4v) is 6.42. The number of sulfonamides is 1. The van der Waals surface area contributed by atoms with Gasteiger partial charge in [-0.1, -0.05) is 90.8 Å². The lowest BCUT2D eigenvalue weighted by Crippen LogP contribution is -2.53. The molecule has 0 unspecified atom stereocenters. The van der Waals surface area contributed by atoms with Crippen molar-refractivity contribution in [1.29, 1.82) is 0 Å². The zero-order valence-corrected chi connectivity index (χ0v) is 27.3. The Morgan fingerprint density at radius 1 is 0.809 bits per heavy atom. The van der Waals surface area contributed by atoms with Crippen LogP contribution in [0.3, 0.4) is 0 Å². The Labute approximate surface area is 274 Å². The van der Waals surface area contributed by atoms with Gasteiger partial charge in [0.15, 0.2) is 0 Å². The summed E-state index contributed by atoms with van der Waals surface area (Å²) in [5.41, 5.74) is 1.82. The van der Waals surface area contributed by atoms with Crippen molar-refractivity contribution >= 4 is 27.5 Å². The minimum Gasteiger partial charge on any atom is -0.354 e. The maximum atomic E-state index is 14.4. The van der Waals surface area contributed by atoms with E-state index in [0.717, 1.165) is 28.8 Å². The van der Waals surface area contributed by atoms with Crippen LogP contribution in [-0.4, -0.2) is 44.3 Å². The number of hydrogen-bond acceptors (Lipinski definition) is 4. The normalized spacial score (nSPS) is 12.3. The maximum Gasteiger partial charge on any atom is 0.416 e. The molecule has 0 bridgehead atoms. The van der Waals surface area contributed by atoms with Crippen LogP contribution in [0.25, 0.3) is 0 Å². The van der Waals surface area contributed by atoms with E-state index >= 15 is 0 Å². The number of halogens is 3. The third-order valence-electron chi connectivity index (χ3n) is 7.64. The predicted molar refractivity (Wildman–Crippen MR) is 176 cm³/mol. The van der Waals surface area contributed by atoms with Gasteiger partial charge < -0.3 is 10.2 Å². The number of amides is 2. The molecular weight excluding hydrogens is 627 g/mol. The Kier molecular flexibility index (Phi) is 11.5. The van der Waals surface area contributed by atoms with Crippen LogP contribution in [0, 0.1) is 13.8 Å². The van der Waals surface area contributed by atoms with Crippen molar-refractivity contribution in [3.05, 3.63) is 131 Å². The van der Waals surface area contributed by atoms with Gasteiger partial charge in [0.1, 0.15) is 12.6 Å². The number of carbonyl (C=O) groups excluding carboxylic acids is 2. The second-order valence-corrected chi connectivity index (χ2v) is 13.2. The quantitative estimate of drug-likeness (QED) is 0.173. The summed E-state index contributed by atoms with van der Waals surface area (Å²) in [5, 5.41) is 2.86. The van der Waals surface area contributed by atoms with Crippen LogP contribution in [0.15, 0.2) is 108 Å². The minimum atomic E-state index is -4.76. The molecule has 4 aromatic carbocycles. The molecule has 0 saturated heterocycles. The van der Waals surface area contributed by atoms with Gasteiger partial charge in [-0.05, 0) is 61.7 Å². The van der Waals surface area contributed by atoms with E-state index < -0.39 is 46.2 Å². The molecule has 1 atom stereocenters. The average Bonchev–Trinajstić information content (AvgIpc) is 3.05. The van der Waals surface area contributed by atoms with Crippen molar-refractivity contribution in [1.82, 2.24) is 10.2 Å². The smallest absolute Gasteiger partial charge is 0.354 e. The fourth-order valence-electron chi connectivity index (χ4n) is 5.01. The highest BCUT2D eigenvalue weighted by atomic mass is 32.2. The summed E-state index contributed by atoms with van der Waals surface area (Å²) >= 11 is 0. The molecule has 0 fully saturated rings. The van der Waals surface area contributed by atoms with Crippen molar-refractivity contribution in [3.63, 3.8) is 0 Å². The first-order chi connectivity index (χ1) is 22.3. The second kappa shape index (κ2) is 15.3. The molecule has 248 valence electrons. The number of carbonyl (C=O) groups is 2. The Morgan fingerprint density at radius 3 is 2.02 bits per heavy atom. The number of benzene rings is 4. The second-order valence-electron chi connectivity index (χ2n) is 11.4. The number of anilines is 1. The molecule has 0 heterocycles. The van der Waals surface area contributed by atoms with E-state index in [9.17, 15) is 31.2 Å². The largest absolute Gasteiger partial charge is 0.416 e. The van der Waals surface area contributed by atoms with Gasteiger partial charge in [-0.2, -0.15) is 13.2 Å². The van der Waals surface area contributed by atoms with Crippen LogP contribution in [0.2, 0.25) is 0 Å². The van der Waals surface area contributed by atoms with Crippen molar-refractivity contribution in [2.24, 2.45) is 0 Å². The number of nitrogens with zero attached hydrogens (tertiary/aromatic N) is 2. The molecule has 0 spiro atoms. The van der Waals surface area contributed by atoms with E-state index in [0.29, 0.717) is 28.9 Å². The van der Waals surface area contributed by atoms with Crippen LogP contribution >= 0.6 is 0 Å². The predicted octanol–water partition coefficient (Wildman–Crippen LogP) is 6.68. The van der Waals surface area contributed by atoms with Crippen LogP contribution in [-0.2, 0) is 38.8 Å².